The van der Waals surface area contributed by atoms with Gasteiger partial charge in [0.25, 0.3) is 0 Å². The number of fused-ring (bicyclic) bond motifs is 5. The summed E-state index contributed by atoms with van der Waals surface area (Å²) in [5.74, 6) is 0. The van der Waals surface area contributed by atoms with Gasteiger partial charge < -0.3 is 24.8 Å². The average Bonchev–Trinajstić information content (AvgIpc) is 3.89. The largest absolute Gasteiger partial charge is 1.00 e. The quantitative estimate of drug-likeness (QED) is 0.141. The van der Waals surface area contributed by atoms with E-state index in [9.17, 15) is 0 Å². The fraction of sp³-hybridized carbons (Fsp3) is 0.278. The number of halogens is 2. The molecule has 2 unspecified atom stereocenters. The predicted octanol–water partition coefficient (Wildman–Crippen LogP) is 8.70. The van der Waals surface area contributed by atoms with Crippen LogP contribution in [0.15, 0.2) is 138 Å². The summed E-state index contributed by atoms with van der Waals surface area (Å²) in [6.07, 6.45) is 8.65. The van der Waals surface area contributed by atoms with Crippen molar-refractivity contribution < 1.29 is 45.7 Å². The summed E-state index contributed by atoms with van der Waals surface area (Å²) in [7, 11) is 0. The molecule has 0 aliphatic heterocycles. The molecule has 0 fully saturated rings. The SMILES string of the molecule is CCC1=Cc2c(-c3ccc(C(C)(C)C)cc3)cccc2[CH]1[Zr+2]([CH]1C(CC)=Cc2c(-c3ccc(C(C)(C)C)cc3)cccc21)[si]1cccc2c1Cc1ccccc1-2.[Cl-].[Cl-]. The minimum atomic E-state index is -2.64. The fourth-order valence-corrected chi connectivity index (χ4v) is 34.6. The Morgan fingerprint density at radius 2 is 0.966 bits per heavy atom. The van der Waals surface area contributed by atoms with Crippen molar-refractivity contribution >= 4 is 17.7 Å². The fourth-order valence-electron chi connectivity index (χ4n) is 9.98. The maximum atomic E-state index is 2.77. The van der Waals surface area contributed by atoms with Gasteiger partial charge >= 0.3 is 347 Å². The molecular weight excluding hydrogens is 839 g/mol. The first-order valence-corrected chi connectivity index (χ1v) is 29.0. The van der Waals surface area contributed by atoms with Crippen molar-refractivity contribution in [3.8, 4) is 33.4 Å². The van der Waals surface area contributed by atoms with Gasteiger partial charge in [-0.1, -0.05) is 0 Å². The zero-order valence-electron chi connectivity index (χ0n) is 35.3. The summed E-state index contributed by atoms with van der Waals surface area (Å²) < 4.78 is 1.09. The minimum absolute atomic E-state index is 0. The van der Waals surface area contributed by atoms with Gasteiger partial charge in [0.05, 0.1) is 0 Å². The third-order valence-electron chi connectivity index (χ3n) is 13.0. The summed E-state index contributed by atoms with van der Waals surface area (Å²) in [6, 6.07) is 47.7. The molecule has 0 amide bonds. The Bertz CT molecular complexity index is 2420. The Kier molecular flexibility index (Phi) is 12.2. The molecule has 0 bridgehead atoms. The molecule has 0 N–H and O–H groups in total. The molecule has 58 heavy (non-hydrogen) atoms. The van der Waals surface area contributed by atoms with Gasteiger partial charge in [0.2, 0.25) is 0 Å². The first kappa shape index (κ1) is 42.7. The summed E-state index contributed by atoms with van der Waals surface area (Å²) in [5.41, 5.74) is 24.5. The maximum absolute atomic E-state index is 2.77. The summed E-state index contributed by atoms with van der Waals surface area (Å²) >= 11 is -2.64. The van der Waals surface area contributed by atoms with E-state index < -0.39 is 26.4 Å². The van der Waals surface area contributed by atoms with Gasteiger partial charge in [-0.15, -0.1) is 0 Å². The van der Waals surface area contributed by atoms with E-state index in [1.165, 1.54) is 55.6 Å². The molecule has 2 atom stereocenters. The Morgan fingerprint density at radius 1 is 0.517 bits per heavy atom. The average molecular weight is 894 g/mol. The van der Waals surface area contributed by atoms with Gasteiger partial charge in [-0.3, -0.25) is 0 Å². The third-order valence-corrected chi connectivity index (χ3v) is 33.1. The van der Waals surface area contributed by atoms with Gasteiger partial charge in [-0.25, -0.2) is 0 Å². The molecule has 0 saturated heterocycles. The number of hydrogen-bond donors (Lipinski definition) is 0. The third kappa shape index (κ3) is 7.40. The molecule has 1 aromatic heterocycles. The molecule has 0 saturated carbocycles. The van der Waals surface area contributed by atoms with E-state index in [-0.39, 0.29) is 35.6 Å². The Hall–Kier alpha value is -3.39. The number of allylic oxidation sites excluding steroid dienone is 2. The molecular formula is C54H55Cl2SiZr. The van der Waals surface area contributed by atoms with Crippen molar-refractivity contribution in [3.63, 3.8) is 0 Å². The zero-order valence-corrected chi connectivity index (χ0v) is 40.3. The van der Waals surface area contributed by atoms with Crippen LogP contribution >= 0.6 is 0 Å². The van der Waals surface area contributed by atoms with Crippen LogP contribution in [0.4, 0.5) is 0 Å². The standard InChI is InChI=1S/2C21H23.C12H9Si.2ClH.Zr/c2*1-5-15-13-17-7-6-8-19(20(17)14-15)16-9-11-18(12-10-16)21(2,3)4;1-2-5-10-9(4-1)8-12-11(10)6-3-7-13-12;;;/h2*6-14H,5H2,1-4H3;1-7H,8H2;2*1H;/q;;;;;+2/p-2. The maximum Gasteiger partial charge on any atom is -1.00 e. The molecule has 3 aliphatic carbocycles. The monoisotopic (exact) mass is 891 g/mol. The Labute approximate surface area is 368 Å². The smallest absolute Gasteiger partial charge is 1.00 e. The van der Waals surface area contributed by atoms with E-state index in [1.54, 1.807) is 33.0 Å². The van der Waals surface area contributed by atoms with Crippen LogP contribution in [0, 0.1) is 0 Å². The first-order chi connectivity index (χ1) is 27.0. The van der Waals surface area contributed by atoms with Crippen LogP contribution in [0.5, 0.6) is 0 Å². The number of benzene rings is 5. The molecule has 0 nitrogen and oxygen atoms in total. The van der Waals surface area contributed by atoms with Crippen LogP contribution < -0.4 is 24.8 Å². The van der Waals surface area contributed by atoms with E-state index in [2.05, 4.69) is 195 Å². The van der Waals surface area contributed by atoms with Crippen LogP contribution in [0.25, 0.3) is 45.5 Å². The first-order valence-electron chi connectivity index (χ1n) is 20.9. The van der Waals surface area contributed by atoms with Crippen molar-refractivity contribution in [1.29, 1.82) is 0 Å². The predicted molar refractivity (Wildman–Crippen MR) is 239 cm³/mol. The minimum Gasteiger partial charge on any atom is -1.00 e. The summed E-state index contributed by atoms with van der Waals surface area (Å²) in [5, 5.41) is 1.80. The van der Waals surface area contributed by atoms with Gasteiger partial charge in [0.1, 0.15) is 0 Å². The second kappa shape index (κ2) is 16.6. The van der Waals surface area contributed by atoms with Crippen molar-refractivity contribution in [3.05, 3.63) is 182 Å². The van der Waals surface area contributed by atoms with Crippen LogP contribution in [-0.2, 0) is 38.2 Å². The van der Waals surface area contributed by atoms with Crippen molar-refractivity contribution in [2.75, 3.05) is 0 Å². The van der Waals surface area contributed by atoms with Crippen LogP contribution in [-0.4, -0.2) is 5.52 Å². The molecule has 4 heteroatoms. The molecule has 6 aromatic rings. The van der Waals surface area contributed by atoms with E-state index in [4.69, 9.17) is 0 Å². The van der Waals surface area contributed by atoms with Gasteiger partial charge in [0.15, 0.2) is 0 Å². The second-order valence-corrected chi connectivity index (χ2v) is 32.6. The van der Waals surface area contributed by atoms with Crippen molar-refractivity contribution in [2.24, 2.45) is 0 Å². The summed E-state index contributed by atoms with van der Waals surface area (Å²) in [4.78, 5) is 0. The molecule has 0 radical (unpaired) electrons. The summed E-state index contributed by atoms with van der Waals surface area (Å²) in [6.45, 7) is 18.7. The zero-order chi connectivity index (χ0) is 38.9. The van der Waals surface area contributed by atoms with E-state index >= 15 is 0 Å². The number of rotatable bonds is 7. The van der Waals surface area contributed by atoms with Gasteiger partial charge in [-0.05, 0) is 0 Å². The normalized spacial score (nSPS) is 16.3. The Morgan fingerprint density at radius 3 is 1.43 bits per heavy atom. The van der Waals surface area contributed by atoms with Crippen LogP contribution in [0.3, 0.4) is 0 Å². The second-order valence-electron chi connectivity index (χ2n) is 18.4. The Balaban J connectivity index is 0.00000256. The number of hydrogen-bond acceptors (Lipinski definition) is 0. The molecule has 293 valence electrons. The molecule has 9 rings (SSSR count). The van der Waals surface area contributed by atoms with Crippen molar-refractivity contribution in [1.82, 2.24) is 0 Å². The van der Waals surface area contributed by atoms with Crippen molar-refractivity contribution in [2.45, 2.75) is 92.7 Å². The van der Waals surface area contributed by atoms with E-state index in [0.717, 1.165) is 19.3 Å². The molecule has 5 aromatic carbocycles. The van der Waals surface area contributed by atoms with E-state index in [1.807, 2.05) is 0 Å². The topological polar surface area (TPSA) is 0 Å². The van der Waals surface area contributed by atoms with Gasteiger partial charge in [0, 0.05) is 0 Å². The molecule has 0 spiro atoms. The van der Waals surface area contributed by atoms with Crippen LogP contribution in [0.1, 0.15) is 120 Å². The van der Waals surface area contributed by atoms with Gasteiger partial charge in [-0.2, -0.15) is 0 Å². The molecule has 3 aliphatic rings. The van der Waals surface area contributed by atoms with Crippen LogP contribution in [0.2, 0.25) is 0 Å². The molecule has 1 heterocycles. The van der Waals surface area contributed by atoms with E-state index in [0.29, 0.717) is 7.25 Å².